The summed E-state index contributed by atoms with van der Waals surface area (Å²) in [6.45, 7) is 2.64. The number of carboxylic acid groups (broad SMARTS) is 2. The molecule has 20 heavy (non-hydrogen) atoms. The van der Waals surface area contributed by atoms with Crippen LogP contribution in [0.2, 0.25) is 0 Å². The molecule has 0 aromatic rings. The van der Waals surface area contributed by atoms with E-state index in [4.69, 9.17) is 15.9 Å². The largest absolute Gasteiger partial charge is 0.465 e. The highest BCUT2D eigenvalue weighted by atomic mass is 16.4. The second-order valence-corrected chi connectivity index (χ2v) is 5.59. The maximum atomic E-state index is 10.7. The molecule has 6 N–H and O–H groups in total. The van der Waals surface area contributed by atoms with Crippen molar-refractivity contribution in [2.24, 2.45) is 23.5 Å². The Bertz CT molecular complexity index is 334. The van der Waals surface area contributed by atoms with E-state index >= 15 is 0 Å². The summed E-state index contributed by atoms with van der Waals surface area (Å²) in [5.41, 5.74) is 5.63. The van der Waals surface area contributed by atoms with E-state index in [1.54, 1.807) is 6.92 Å². The van der Waals surface area contributed by atoms with E-state index in [9.17, 15) is 9.59 Å². The third kappa shape index (κ3) is 6.10. The van der Waals surface area contributed by atoms with Crippen molar-refractivity contribution < 1.29 is 19.8 Å². The molecular weight excluding hydrogens is 262 g/mol. The molecule has 0 saturated heterocycles. The van der Waals surface area contributed by atoms with Crippen LogP contribution in [0.3, 0.4) is 0 Å². The van der Waals surface area contributed by atoms with E-state index in [-0.39, 0.29) is 18.5 Å². The highest BCUT2D eigenvalue weighted by Gasteiger charge is 2.33. The van der Waals surface area contributed by atoms with Crippen molar-refractivity contribution >= 4 is 12.2 Å². The third-order valence-electron chi connectivity index (χ3n) is 4.01. The highest BCUT2D eigenvalue weighted by molar-refractivity contribution is 5.65. The van der Waals surface area contributed by atoms with Gasteiger partial charge in [0.1, 0.15) is 0 Å². The average molecular weight is 287 g/mol. The zero-order chi connectivity index (χ0) is 15.1. The minimum atomic E-state index is -1.08. The molecule has 3 unspecified atom stereocenters. The number of nitrogens with two attached hydrogens (primary N) is 1. The first kappa shape index (κ1) is 16.6. The maximum Gasteiger partial charge on any atom is 0.404 e. The van der Waals surface area contributed by atoms with Crippen LogP contribution in [0.4, 0.5) is 9.59 Å². The standard InChI is InChI=1S/C13H25N3O4/c1-8(16-13(19)20)11(7-15-12(17)18)6-10(4-5-14)9-2-3-9/h8-11,15-16H,2-7,14H2,1H3,(H,17,18)(H,19,20). The van der Waals surface area contributed by atoms with Crippen molar-refractivity contribution in [3.8, 4) is 0 Å². The molecule has 2 amide bonds. The predicted molar refractivity (Wildman–Crippen MR) is 74.6 cm³/mol. The summed E-state index contributed by atoms with van der Waals surface area (Å²) in [6, 6.07) is -0.293. The van der Waals surface area contributed by atoms with Gasteiger partial charge >= 0.3 is 12.2 Å². The van der Waals surface area contributed by atoms with Gasteiger partial charge in [0.2, 0.25) is 0 Å². The van der Waals surface area contributed by atoms with Crippen LogP contribution < -0.4 is 16.4 Å². The predicted octanol–water partition coefficient (Wildman–Crippen LogP) is 1.29. The summed E-state index contributed by atoms with van der Waals surface area (Å²) in [4.78, 5) is 21.4. The second kappa shape index (κ2) is 7.94. The molecule has 3 atom stereocenters. The van der Waals surface area contributed by atoms with Crippen LogP contribution in [0.25, 0.3) is 0 Å². The lowest BCUT2D eigenvalue weighted by Gasteiger charge is -2.28. The molecule has 0 bridgehead atoms. The normalized spacial score (nSPS) is 18.9. The Morgan fingerprint density at radius 2 is 1.95 bits per heavy atom. The Balaban J connectivity index is 2.58. The van der Waals surface area contributed by atoms with Gasteiger partial charge in [0, 0.05) is 12.6 Å². The van der Waals surface area contributed by atoms with Crippen molar-refractivity contribution in [2.75, 3.05) is 13.1 Å². The van der Waals surface area contributed by atoms with Gasteiger partial charge in [-0.1, -0.05) is 0 Å². The van der Waals surface area contributed by atoms with E-state index in [2.05, 4.69) is 10.6 Å². The Hall–Kier alpha value is -1.50. The van der Waals surface area contributed by atoms with Gasteiger partial charge in [0.15, 0.2) is 0 Å². The first-order valence-corrected chi connectivity index (χ1v) is 7.10. The Morgan fingerprint density at radius 3 is 2.40 bits per heavy atom. The quantitative estimate of drug-likeness (QED) is 0.437. The summed E-state index contributed by atoms with van der Waals surface area (Å²) in [7, 11) is 0. The lowest BCUT2D eigenvalue weighted by Crippen LogP contribution is -2.43. The monoisotopic (exact) mass is 287 g/mol. The van der Waals surface area contributed by atoms with Crippen molar-refractivity contribution in [1.29, 1.82) is 0 Å². The fourth-order valence-corrected chi connectivity index (χ4v) is 2.71. The highest BCUT2D eigenvalue weighted by Crippen LogP contribution is 2.41. The van der Waals surface area contributed by atoms with Gasteiger partial charge in [0.25, 0.3) is 0 Å². The molecule has 0 heterocycles. The molecule has 1 rings (SSSR count). The van der Waals surface area contributed by atoms with Gasteiger partial charge in [-0.25, -0.2) is 9.59 Å². The molecule has 0 aliphatic heterocycles. The molecule has 1 aliphatic carbocycles. The van der Waals surface area contributed by atoms with Gasteiger partial charge in [-0.05, 0) is 56.9 Å². The van der Waals surface area contributed by atoms with Crippen molar-refractivity contribution in [3.63, 3.8) is 0 Å². The summed E-state index contributed by atoms with van der Waals surface area (Å²) < 4.78 is 0. The molecule has 7 nitrogen and oxygen atoms in total. The number of hydrogen-bond donors (Lipinski definition) is 5. The third-order valence-corrected chi connectivity index (χ3v) is 4.01. The summed E-state index contributed by atoms with van der Waals surface area (Å²) in [6.07, 6.45) is 1.94. The molecule has 1 fully saturated rings. The van der Waals surface area contributed by atoms with Gasteiger partial charge in [0.05, 0.1) is 0 Å². The molecule has 1 aliphatic rings. The molecule has 0 radical (unpaired) electrons. The Kier molecular flexibility index (Phi) is 6.57. The molecule has 0 aromatic carbocycles. The summed E-state index contributed by atoms with van der Waals surface area (Å²) in [5, 5.41) is 22.3. The smallest absolute Gasteiger partial charge is 0.404 e. The van der Waals surface area contributed by atoms with E-state index in [0.717, 1.165) is 12.8 Å². The van der Waals surface area contributed by atoms with Crippen molar-refractivity contribution in [2.45, 2.75) is 38.6 Å². The van der Waals surface area contributed by atoms with E-state index in [0.29, 0.717) is 18.4 Å². The van der Waals surface area contributed by atoms with Gasteiger partial charge in [-0.15, -0.1) is 0 Å². The minimum absolute atomic E-state index is 0.0562. The van der Waals surface area contributed by atoms with Gasteiger partial charge in [-0.2, -0.15) is 0 Å². The molecule has 0 aromatic heterocycles. The van der Waals surface area contributed by atoms with Crippen LogP contribution in [0.1, 0.15) is 32.6 Å². The summed E-state index contributed by atoms with van der Waals surface area (Å²) in [5.74, 6) is 1.07. The van der Waals surface area contributed by atoms with Crippen LogP contribution in [0.5, 0.6) is 0 Å². The van der Waals surface area contributed by atoms with Gasteiger partial charge in [-0.3, -0.25) is 0 Å². The zero-order valence-corrected chi connectivity index (χ0v) is 11.8. The van der Waals surface area contributed by atoms with Crippen LogP contribution in [-0.2, 0) is 0 Å². The van der Waals surface area contributed by atoms with Crippen LogP contribution >= 0.6 is 0 Å². The van der Waals surface area contributed by atoms with Gasteiger partial charge < -0.3 is 26.6 Å². The number of hydrogen-bond acceptors (Lipinski definition) is 3. The second-order valence-electron chi connectivity index (χ2n) is 5.59. The van der Waals surface area contributed by atoms with Crippen molar-refractivity contribution in [1.82, 2.24) is 10.6 Å². The maximum absolute atomic E-state index is 10.7. The Morgan fingerprint density at radius 1 is 1.30 bits per heavy atom. The zero-order valence-electron chi connectivity index (χ0n) is 11.8. The summed E-state index contributed by atoms with van der Waals surface area (Å²) >= 11 is 0. The van der Waals surface area contributed by atoms with E-state index in [1.165, 1.54) is 12.8 Å². The fraction of sp³-hybridized carbons (Fsp3) is 0.846. The number of rotatable bonds is 9. The molecule has 116 valence electrons. The Labute approximate surface area is 118 Å². The number of amides is 2. The van der Waals surface area contributed by atoms with E-state index in [1.807, 2.05) is 0 Å². The molecule has 1 saturated carbocycles. The molecule has 0 spiro atoms. The average Bonchev–Trinajstić information content (AvgIpc) is 3.15. The van der Waals surface area contributed by atoms with Crippen LogP contribution in [0.15, 0.2) is 0 Å². The molecule has 7 heteroatoms. The van der Waals surface area contributed by atoms with Crippen LogP contribution in [0, 0.1) is 17.8 Å². The lowest BCUT2D eigenvalue weighted by atomic mass is 9.85. The van der Waals surface area contributed by atoms with Crippen molar-refractivity contribution in [3.05, 3.63) is 0 Å². The number of nitrogens with one attached hydrogen (secondary N) is 2. The first-order chi connectivity index (χ1) is 9.43. The number of carbonyl (C=O) groups is 2. The minimum Gasteiger partial charge on any atom is -0.465 e. The topological polar surface area (TPSA) is 125 Å². The SMILES string of the molecule is CC(NC(=O)O)C(CNC(=O)O)CC(CCN)C1CC1. The van der Waals surface area contributed by atoms with E-state index < -0.39 is 12.2 Å². The lowest BCUT2D eigenvalue weighted by molar-refractivity contribution is 0.176. The molecular formula is C13H25N3O4. The van der Waals surface area contributed by atoms with Crippen LogP contribution in [-0.4, -0.2) is 41.5 Å². The fourth-order valence-electron chi connectivity index (χ4n) is 2.71. The first-order valence-electron chi connectivity index (χ1n) is 7.10.